The van der Waals surface area contributed by atoms with Crippen molar-refractivity contribution in [3.63, 3.8) is 0 Å². The summed E-state index contributed by atoms with van der Waals surface area (Å²) in [6, 6.07) is 11.9. The van der Waals surface area contributed by atoms with Crippen LogP contribution in [0.4, 0.5) is 0 Å². The molecule has 144 valence electrons. The molecular weight excluding hydrogens is 374 g/mol. The van der Waals surface area contributed by atoms with E-state index in [1.807, 2.05) is 0 Å². The maximum Gasteiger partial charge on any atom is 0.260 e. The zero-order valence-corrected chi connectivity index (χ0v) is 15.4. The van der Waals surface area contributed by atoms with Crippen molar-refractivity contribution < 1.29 is 28.8 Å². The first kappa shape index (κ1) is 19.1. The average Bonchev–Trinajstić information content (AvgIpc) is 3.14. The van der Waals surface area contributed by atoms with Crippen molar-refractivity contribution in [1.82, 2.24) is 5.32 Å². The second kappa shape index (κ2) is 8.83. The predicted octanol–water partition coefficient (Wildman–Crippen LogP) is 2.39. The van der Waals surface area contributed by atoms with E-state index in [-0.39, 0.29) is 25.9 Å². The van der Waals surface area contributed by atoms with Crippen LogP contribution < -0.4 is 24.3 Å². The Morgan fingerprint density at radius 1 is 1.19 bits per heavy atom. The molecule has 0 spiro atoms. The van der Waals surface area contributed by atoms with Gasteiger partial charge in [0.15, 0.2) is 17.6 Å². The standard InChI is InChI=1S/C19H20ClNO6/c1-12(27-15-4-2-13(20)3-5-15)19(23)21-9-14(22)10-24-16-6-7-17-18(8-16)26-11-25-17/h2-8,12,14,22H,9-11H2,1H3,(H,21,23). The predicted molar refractivity (Wildman–Crippen MR) is 98.6 cm³/mol. The maximum atomic E-state index is 12.1. The quantitative estimate of drug-likeness (QED) is 0.716. The summed E-state index contributed by atoms with van der Waals surface area (Å²) < 4.78 is 21.5. The molecule has 0 saturated carbocycles. The molecule has 0 radical (unpaired) electrons. The molecule has 8 heteroatoms. The van der Waals surface area contributed by atoms with Crippen molar-refractivity contribution in [2.24, 2.45) is 0 Å². The Kier molecular flexibility index (Phi) is 6.26. The van der Waals surface area contributed by atoms with Gasteiger partial charge in [-0.05, 0) is 43.3 Å². The van der Waals surface area contributed by atoms with Gasteiger partial charge in [-0.15, -0.1) is 0 Å². The zero-order valence-electron chi connectivity index (χ0n) is 14.7. The molecule has 2 unspecified atom stereocenters. The SMILES string of the molecule is CC(Oc1ccc(Cl)cc1)C(=O)NCC(O)COc1ccc2c(c1)OCO2. The summed E-state index contributed by atoms with van der Waals surface area (Å²) in [5.74, 6) is 2.00. The highest BCUT2D eigenvalue weighted by Gasteiger charge is 2.17. The molecule has 3 rings (SSSR count). The number of amides is 1. The van der Waals surface area contributed by atoms with Gasteiger partial charge in [0.1, 0.15) is 24.2 Å². The van der Waals surface area contributed by atoms with Gasteiger partial charge in [0, 0.05) is 17.6 Å². The lowest BCUT2D eigenvalue weighted by atomic mass is 10.3. The van der Waals surface area contributed by atoms with E-state index in [2.05, 4.69) is 5.32 Å². The van der Waals surface area contributed by atoms with E-state index in [4.69, 9.17) is 30.5 Å². The van der Waals surface area contributed by atoms with Gasteiger partial charge >= 0.3 is 0 Å². The minimum atomic E-state index is -0.873. The molecule has 0 aromatic heterocycles. The second-order valence-corrected chi connectivity index (χ2v) is 6.38. The van der Waals surface area contributed by atoms with Crippen LogP contribution in [0.1, 0.15) is 6.92 Å². The van der Waals surface area contributed by atoms with Gasteiger partial charge in [0.25, 0.3) is 5.91 Å². The van der Waals surface area contributed by atoms with Gasteiger partial charge in [0.2, 0.25) is 6.79 Å². The molecule has 1 heterocycles. The fourth-order valence-corrected chi connectivity index (χ4v) is 2.48. The largest absolute Gasteiger partial charge is 0.491 e. The van der Waals surface area contributed by atoms with Crippen LogP contribution in [0.25, 0.3) is 0 Å². The summed E-state index contributed by atoms with van der Waals surface area (Å²) in [4.78, 5) is 12.1. The van der Waals surface area contributed by atoms with E-state index in [1.165, 1.54) is 0 Å². The van der Waals surface area contributed by atoms with E-state index in [0.717, 1.165) is 0 Å². The van der Waals surface area contributed by atoms with E-state index in [9.17, 15) is 9.90 Å². The van der Waals surface area contributed by atoms with Crippen molar-refractivity contribution in [3.8, 4) is 23.0 Å². The summed E-state index contributed by atoms with van der Waals surface area (Å²) >= 11 is 5.81. The zero-order chi connectivity index (χ0) is 19.2. The highest BCUT2D eigenvalue weighted by molar-refractivity contribution is 6.30. The summed E-state index contributed by atoms with van der Waals surface area (Å²) in [6.07, 6.45) is -1.59. The fraction of sp³-hybridized carbons (Fsp3) is 0.316. The molecule has 7 nitrogen and oxygen atoms in total. The number of carbonyl (C=O) groups is 1. The van der Waals surface area contributed by atoms with E-state index < -0.39 is 12.2 Å². The normalized spacial score (nSPS) is 14.3. The summed E-state index contributed by atoms with van der Waals surface area (Å²) in [5, 5.41) is 13.2. The van der Waals surface area contributed by atoms with Crippen molar-refractivity contribution >= 4 is 17.5 Å². The third-order valence-electron chi connectivity index (χ3n) is 3.79. The maximum absolute atomic E-state index is 12.1. The van der Waals surface area contributed by atoms with Crippen molar-refractivity contribution in [3.05, 3.63) is 47.5 Å². The molecular formula is C19H20ClNO6. The molecule has 27 heavy (non-hydrogen) atoms. The fourth-order valence-electron chi connectivity index (χ4n) is 2.35. The molecule has 2 aromatic carbocycles. The molecule has 2 aromatic rings. The molecule has 2 N–H and O–H groups in total. The summed E-state index contributed by atoms with van der Waals surface area (Å²) in [5.41, 5.74) is 0. The second-order valence-electron chi connectivity index (χ2n) is 5.94. The van der Waals surface area contributed by atoms with Crippen LogP contribution in [-0.2, 0) is 4.79 Å². The third kappa shape index (κ3) is 5.42. The van der Waals surface area contributed by atoms with Crippen LogP contribution in [0.5, 0.6) is 23.0 Å². The van der Waals surface area contributed by atoms with Gasteiger partial charge in [-0.2, -0.15) is 0 Å². The number of carbonyl (C=O) groups excluding carboxylic acids is 1. The number of benzene rings is 2. The number of hydrogen-bond donors (Lipinski definition) is 2. The number of ether oxygens (including phenoxy) is 4. The number of aliphatic hydroxyl groups excluding tert-OH is 1. The van der Waals surface area contributed by atoms with E-state index in [0.29, 0.717) is 28.0 Å². The smallest absolute Gasteiger partial charge is 0.260 e. The number of rotatable bonds is 8. The molecule has 0 saturated heterocycles. The highest BCUT2D eigenvalue weighted by atomic mass is 35.5. The monoisotopic (exact) mass is 393 g/mol. The Labute approximate surface area is 161 Å². The van der Waals surface area contributed by atoms with Crippen molar-refractivity contribution in [2.75, 3.05) is 19.9 Å². The molecule has 1 aliphatic heterocycles. The van der Waals surface area contributed by atoms with E-state index in [1.54, 1.807) is 49.4 Å². The number of aliphatic hydroxyl groups is 1. The number of halogens is 1. The highest BCUT2D eigenvalue weighted by Crippen LogP contribution is 2.35. The minimum absolute atomic E-state index is 0.0202. The molecule has 1 aliphatic rings. The van der Waals surface area contributed by atoms with Crippen LogP contribution in [-0.4, -0.2) is 43.2 Å². The Hall–Kier alpha value is -2.64. The Bertz CT molecular complexity index is 782. The van der Waals surface area contributed by atoms with Crippen LogP contribution in [0.15, 0.2) is 42.5 Å². The number of hydrogen-bond acceptors (Lipinski definition) is 6. The van der Waals surface area contributed by atoms with Gasteiger partial charge in [-0.3, -0.25) is 4.79 Å². The first-order valence-electron chi connectivity index (χ1n) is 8.42. The minimum Gasteiger partial charge on any atom is -0.491 e. The van der Waals surface area contributed by atoms with Crippen molar-refractivity contribution in [1.29, 1.82) is 0 Å². The molecule has 0 bridgehead atoms. The molecule has 0 aliphatic carbocycles. The molecule has 0 fully saturated rings. The number of fused-ring (bicyclic) bond motifs is 1. The molecule has 1 amide bonds. The van der Waals surface area contributed by atoms with Gasteiger partial charge < -0.3 is 29.4 Å². The van der Waals surface area contributed by atoms with Crippen LogP contribution in [0.3, 0.4) is 0 Å². The third-order valence-corrected chi connectivity index (χ3v) is 4.05. The van der Waals surface area contributed by atoms with Gasteiger partial charge in [-0.1, -0.05) is 11.6 Å². The Morgan fingerprint density at radius 3 is 2.67 bits per heavy atom. The average molecular weight is 394 g/mol. The Balaban J connectivity index is 1.39. The van der Waals surface area contributed by atoms with Crippen LogP contribution >= 0.6 is 11.6 Å². The first-order valence-corrected chi connectivity index (χ1v) is 8.79. The lowest BCUT2D eigenvalue weighted by Gasteiger charge is -2.17. The van der Waals surface area contributed by atoms with Gasteiger partial charge in [-0.25, -0.2) is 0 Å². The van der Waals surface area contributed by atoms with Crippen molar-refractivity contribution in [2.45, 2.75) is 19.1 Å². The van der Waals surface area contributed by atoms with Crippen LogP contribution in [0.2, 0.25) is 5.02 Å². The van der Waals surface area contributed by atoms with Gasteiger partial charge in [0.05, 0.1) is 0 Å². The molecule has 2 atom stereocenters. The first-order chi connectivity index (χ1) is 13.0. The van der Waals surface area contributed by atoms with Crippen LogP contribution in [0, 0.1) is 0 Å². The summed E-state index contributed by atoms with van der Waals surface area (Å²) in [7, 11) is 0. The number of nitrogens with one attached hydrogen (secondary N) is 1. The summed E-state index contributed by atoms with van der Waals surface area (Å²) in [6.45, 7) is 1.87. The van der Waals surface area contributed by atoms with E-state index >= 15 is 0 Å². The topological polar surface area (TPSA) is 86.3 Å². The lowest BCUT2D eigenvalue weighted by Crippen LogP contribution is -2.41. The Morgan fingerprint density at radius 2 is 1.89 bits per heavy atom. The lowest BCUT2D eigenvalue weighted by molar-refractivity contribution is -0.127.